The molecule has 0 aromatic heterocycles. The maximum atomic E-state index is 11.8. The van der Waals surface area contributed by atoms with Gasteiger partial charge in [-0.25, -0.2) is 4.99 Å². The molecule has 0 atom stereocenters. The van der Waals surface area contributed by atoms with E-state index in [-0.39, 0.29) is 11.9 Å². The van der Waals surface area contributed by atoms with Crippen LogP contribution in [-0.4, -0.2) is 61.6 Å². The van der Waals surface area contributed by atoms with Gasteiger partial charge >= 0.3 is 5.97 Å². The number of rotatable bonds is 6. The van der Waals surface area contributed by atoms with Crippen molar-refractivity contribution in [1.82, 2.24) is 15.1 Å². The molecule has 0 saturated carbocycles. The van der Waals surface area contributed by atoms with Gasteiger partial charge in [0.1, 0.15) is 0 Å². The third-order valence-corrected chi connectivity index (χ3v) is 6.27. The zero-order valence-corrected chi connectivity index (χ0v) is 18.7. The largest absolute Gasteiger partial charge is 0.469 e. The maximum Gasteiger partial charge on any atom is 0.308 e. The summed E-state index contributed by atoms with van der Waals surface area (Å²) in [5.41, 5.74) is 2.70. The number of esters is 1. The number of aliphatic imine (C=N–C) groups is 1. The number of nitrogens with one attached hydrogen (secondary N) is 1. The van der Waals surface area contributed by atoms with Crippen LogP contribution in [0.5, 0.6) is 0 Å². The van der Waals surface area contributed by atoms with Crippen LogP contribution < -0.4 is 5.32 Å². The minimum absolute atomic E-state index is 0.0171. The summed E-state index contributed by atoms with van der Waals surface area (Å²) in [5, 5.41) is 3.44. The van der Waals surface area contributed by atoms with Crippen LogP contribution in [0.15, 0.2) is 29.3 Å². The molecule has 6 heteroatoms. The van der Waals surface area contributed by atoms with Crippen LogP contribution in [-0.2, 0) is 22.6 Å². The maximum absolute atomic E-state index is 11.8. The molecule has 0 aliphatic carbocycles. The highest BCUT2D eigenvalue weighted by molar-refractivity contribution is 5.80. The molecule has 6 nitrogen and oxygen atoms in total. The monoisotopic (exact) mass is 414 g/mol. The Balaban J connectivity index is 1.64. The minimum Gasteiger partial charge on any atom is -0.469 e. The van der Waals surface area contributed by atoms with E-state index in [1.54, 1.807) is 0 Å². The second-order valence-corrected chi connectivity index (χ2v) is 8.41. The van der Waals surface area contributed by atoms with Crippen molar-refractivity contribution in [2.75, 3.05) is 39.8 Å². The highest BCUT2D eigenvalue weighted by Crippen LogP contribution is 2.20. The van der Waals surface area contributed by atoms with E-state index >= 15 is 0 Å². The third-order valence-electron chi connectivity index (χ3n) is 6.27. The molecule has 2 saturated heterocycles. The molecule has 2 aliphatic heterocycles. The van der Waals surface area contributed by atoms with E-state index in [4.69, 9.17) is 9.73 Å². The van der Waals surface area contributed by atoms with Gasteiger partial charge in [-0.1, -0.05) is 37.1 Å². The van der Waals surface area contributed by atoms with Gasteiger partial charge in [0.25, 0.3) is 0 Å². The lowest BCUT2D eigenvalue weighted by atomic mass is 9.97. The number of ether oxygens (including phenoxy) is 1. The molecule has 3 rings (SSSR count). The summed E-state index contributed by atoms with van der Waals surface area (Å²) in [5.74, 6) is 0.882. The average molecular weight is 415 g/mol. The van der Waals surface area contributed by atoms with Gasteiger partial charge in [-0.15, -0.1) is 0 Å². The van der Waals surface area contributed by atoms with Crippen molar-refractivity contribution in [3.05, 3.63) is 35.4 Å². The van der Waals surface area contributed by atoms with E-state index in [1.165, 1.54) is 57.0 Å². The average Bonchev–Trinajstić information content (AvgIpc) is 3.06. The number of methoxy groups -OCH3 is 1. The molecule has 0 amide bonds. The first-order chi connectivity index (χ1) is 14.7. The van der Waals surface area contributed by atoms with Crippen LogP contribution in [0.25, 0.3) is 0 Å². The van der Waals surface area contributed by atoms with Gasteiger partial charge in [-0.05, 0) is 56.8 Å². The van der Waals surface area contributed by atoms with Gasteiger partial charge in [0.2, 0.25) is 0 Å². The summed E-state index contributed by atoms with van der Waals surface area (Å²) in [4.78, 5) is 21.7. The van der Waals surface area contributed by atoms with Crippen molar-refractivity contribution in [2.45, 2.75) is 58.5 Å². The summed E-state index contributed by atoms with van der Waals surface area (Å²) in [6, 6.07) is 8.73. The SMILES string of the molecule is CCNC(=NCc1ccccc1CN1CCCCCC1)N1CCC(C(=O)OC)CC1. The number of hydrogen-bond acceptors (Lipinski definition) is 4. The molecule has 1 aromatic carbocycles. The van der Waals surface area contributed by atoms with Gasteiger partial charge in [0, 0.05) is 26.2 Å². The zero-order valence-electron chi connectivity index (χ0n) is 18.7. The van der Waals surface area contributed by atoms with Gasteiger partial charge < -0.3 is 15.0 Å². The molecule has 2 aliphatic rings. The van der Waals surface area contributed by atoms with Crippen molar-refractivity contribution >= 4 is 11.9 Å². The van der Waals surface area contributed by atoms with E-state index in [0.717, 1.165) is 45.0 Å². The van der Waals surface area contributed by atoms with Crippen LogP contribution in [0.4, 0.5) is 0 Å². The molecule has 2 heterocycles. The van der Waals surface area contributed by atoms with E-state index in [2.05, 4.69) is 46.3 Å². The molecule has 0 bridgehead atoms. The molecule has 0 unspecified atom stereocenters. The fourth-order valence-corrected chi connectivity index (χ4v) is 4.48. The predicted molar refractivity (Wildman–Crippen MR) is 121 cm³/mol. The summed E-state index contributed by atoms with van der Waals surface area (Å²) >= 11 is 0. The number of carbonyl (C=O) groups excluding carboxylic acids is 1. The summed E-state index contributed by atoms with van der Waals surface area (Å²) in [6.07, 6.45) is 6.99. The number of hydrogen-bond donors (Lipinski definition) is 1. The fraction of sp³-hybridized carbons (Fsp3) is 0.667. The first-order valence-electron chi connectivity index (χ1n) is 11.6. The quantitative estimate of drug-likeness (QED) is 0.439. The highest BCUT2D eigenvalue weighted by atomic mass is 16.5. The van der Waals surface area contributed by atoms with Gasteiger partial charge in [-0.2, -0.15) is 0 Å². The summed E-state index contributed by atoms with van der Waals surface area (Å²) < 4.78 is 4.91. The lowest BCUT2D eigenvalue weighted by molar-refractivity contribution is -0.146. The van der Waals surface area contributed by atoms with Crippen molar-refractivity contribution in [2.24, 2.45) is 10.9 Å². The Morgan fingerprint density at radius 1 is 1.07 bits per heavy atom. The molecular weight excluding hydrogens is 376 g/mol. The van der Waals surface area contributed by atoms with Crippen LogP contribution in [0.2, 0.25) is 0 Å². The zero-order chi connectivity index (χ0) is 21.2. The molecule has 166 valence electrons. The second-order valence-electron chi connectivity index (χ2n) is 8.41. The van der Waals surface area contributed by atoms with Crippen LogP contribution in [0.3, 0.4) is 0 Å². The Morgan fingerprint density at radius 3 is 2.37 bits per heavy atom. The Labute approximate surface area is 181 Å². The minimum atomic E-state index is -0.0842. The molecule has 1 aromatic rings. The Kier molecular flexibility index (Phi) is 9.00. The Bertz CT molecular complexity index is 690. The number of guanidine groups is 1. The van der Waals surface area contributed by atoms with Crippen molar-refractivity contribution < 1.29 is 9.53 Å². The van der Waals surface area contributed by atoms with Crippen LogP contribution in [0, 0.1) is 5.92 Å². The van der Waals surface area contributed by atoms with Gasteiger partial charge in [0.05, 0.1) is 19.6 Å². The van der Waals surface area contributed by atoms with E-state index in [1.807, 2.05) is 0 Å². The van der Waals surface area contributed by atoms with Gasteiger partial charge in [-0.3, -0.25) is 9.69 Å². The van der Waals surface area contributed by atoms with E-state index < -0.39 is 0 Å². The number of benzene rings is 1. The second kappa shape index (κ2) is 11.9. The molecule has 1 N–H and O–H groups in total. The Morgan fingerprint density at radius 2 is 1.73 bits per heavy atom. The number of carbonyl (C=O) groups is 1. The van der Waals surface area contributed by atoms with Crippen molar-refractivity contribution in [1.29, 1.82) is 0 Å². The Hall–Kier alpha value is -2.08. The molecule has 0 spiro atoms. The van der Waals surface area contributed by atoms with Crippen LogP contribution in [0.1, 0.15) is 56.6 Å². The molecule has 0 radical (unpaired) electrons. The smallest absolute Gasteiger partial charge is 0.308 e. The first kappa shape index (κ1) is 22.6. The first-order valence-corrected chi connectivity index (χ1v) is 11.6. The van der Waals surface area contributed by atoms with Gasteiger partial charge in [0.15, 0.2) is 5.96 Å². The highest BCUT2D eigenvalue weighted by Gasteiger charge is 2.27. The topological polar surface area (TPSA) is 57.2 Å². The lowest BCUT2D eigenvalue weighted by Crippen LogP contribution is -2.46. The third kappa shape index (κ3) is 6.46. The van der Waals surface area contributed by atoms with E-state index in [9.17, 15) is 4.79 Å². The summed E-state index contributed by atoms with van der Waals surface area (Å²) in [7, 11) is 1.48. The lowest BCUT2D eigenvalue weighted by Gasteiger charge is -2.33. The standard InChI is InChI=1S/C24H38N4O2/c1-3-25-24(28-16-12-20(13-17-28)23(29)30-2)26-18-21-10-6-7-11-22(21)19-27-14-8-4-5-9-15-27/h6-7,10-11,20H,3-5,8-9,12-19H2,1-2H3,(H,25,26). The van der Waals surface area contributed by atoms with Crippen molar-refractivity contribution in [3.8, 4) is 0 Å². The van der Waals surface area contributed by atoms with Crippen molar-refractivity contribution in [3.63, 3.8) is 0 Å². The molecule has 2 fully saturated rings. The predicted octanol–water partition coefficient (Wildman–Crippen LogP) is 3.41. The number of piperidine rings is 1. The van der Waals surface area contributed by atoms with Crippen LogP contribution >= 0.6 is 0 Å². The number of likely N-dealkylation sites (tertiary alicyclic amines) is 2. The number of nitrogens with zero attached hydrogens (tertiary/aromatic N) is 3. The molecule has 30 heavy (non-hydrogen) atoms. The van der Waals surface area contributed by atoms with E-state index in [0.29, 0.717) is 6.54 Å². The molecular formula is C24H38N4O2. The fourth-order valence-electron chi connectivity index (χ4n) is 4.48. The normalized spacial score (nSPS) is 19.4. The summed E-state index contributed by atoms with van der Waals surface area (Å²) in [6.45, 7) is 8.72.